The summed E-state index contributed by atoms with van der Waals surface area (Å²) in [5.41, 5.74) is 3.28. The van der Waals surface area contributed by atoms with E-state index in [-0.39, 0.29) is 24.7 Å². The zero-order valence-corrected chi connectivity index (χ0v) is 16.1. The maximum atomic E-state index is 12.5. The molecule has 2 aromatic carbocycles. The molecule has 4 rings (SSSR count). The second-order valence-electron chi connectivity index (χ2n) is 6.51. The summed E-state index contributed by atoms with van der Waals surface area (Å²) in [5.74, 6) is -0.193. The highest BCUT2D eigenvalue weighted by Crippen LogP contribution is 2.28. The van der Waals surface area contributed by atoms with Gasteiger partial charge in [0.15, 0.2) is 5.13 Å². The predicted molar refractivity (Wildman–Crippen MR) is 108 cm³/mol. The summed E-state index contributed by atoms with van der Waals surface area (Å²) >= 11 is 7.34. The van der Waals surface area contributed by atoms with E-state index in [1.165, 1.54) is 22.5 Å². The molecule has 0 fully saturated rings. The molecule has 0 bridgehead atoms. The number of amides is 2. The molecule has 5 nitrogen and oxygen atoms in total. The molecule has 1 N–H and O–H groups in total. The lowest BCUT2D eigenvalue weighted by atomic mass is 9.99. The second-order valence-corrected chi connectivity index (χ2v) is 7.98. The Morgan fingerprint density at radius 3 is 2.81 bits per heavy atom. The molecule has 27 heavy (non-hydrogen) atoms. The van der Waals surface area contributed by atoms with E-state index in [1.54, 1.807) is 6.07 Å². The second kappa shape index (κ2) is 7.66. The van der Waals surface area contributed by atoms with Gasteiger partial charge in [0.25, 0.3) is 0 Å². The maximum Gasteiger partial charge on any atom is 0.226 e. The van der Waals surface area contributed by atoms with Crippen LogP contribution in [-0.2, 0) is 22.6 Å². The van der Waals surface area contributed by atoms with Gasteiger partial charge in [0, 0.05) is 31.0 Å². The minimum absolute atomic E-state index is 0.00994. The number of aromatic nitrogens is 1. The molecule has 2 heterocycles. The third kappa shape index (κ3) is 4.12. The van der Waals surface area contributed by atoms with Crippen molar-refractivity contribution in [1.82, 2.24) is 9.88 Å². The first kappa shape index (κ1) is 17.9. The van der Waals surface area contributed by atoms with Crippen molar-refractivity contribution in [3.63, 3.8) is 0 Å². The lowest BCUT2D eigenvalue weighted by molar-refractivity contribution is -0.133. The third-order valence-electron chi connectivity index (χ3n) is 4.65. The van der Waals surface area contributed by atoms with Gasteiger partial charge in [-0.15, -0.1) is 0 Å². The number of thiazole rings is 1. The fraction of sp³-hybridized carbons (Fsp3) is 0.250. The van der Waals surface area contributed by atoms with Crippen LogP contribution in [-0.4, -0.2) is 28.2 Å². The van der Waals surface area contributed by atoms with Crippen LogP contribution in [0.1, 0.15) is 24.0 Å². The molecule has 2 amide bonds. The van der Waals surface area contributed by atoms with Crippen molar-refractivity contribution in [2.75, 3.05) is 11.9 Å². The first-order valence-electron chi connectivity index (χ1n) is 8.79. The van der Waals surface area contributed by atoms with Crippen LogP contribution in [0.3, 0.4) is 0 Å². The molecule has 0 unspecified atom stereocenters. The quantitative estimate of drug-likeness (QED) is 0.713. The van der Waals surface area contributed by atoms with Crippen LogP contribution in [0.4, 0.5) is 5.13 Å². The number of halogens is 1. The Hall–Kier alpha value is -2.44. The molecule has 3 aromatic rings. The van der Waals surface area contributed by atoms with Gasteiger partial charge in [-0.1, -0.05) is 47.2 Å². The van der Waals surface area contributed by atoms with Crippen molar-refractivity contribution in [2.24, 2.45) is 0 Å². The molecule has 0 spiro atoms. The Bertz CT molecular complexity index is 1020. The molecule has 0 aliphatic carbocycles. The fourth-order valence-corrected chi connectivity index (χ4v) is 4.38. The molecule has 1 aliphatic heterocycles. The zero-order valence-electron chi connectivity index (χ0n) is 14.6. The van der Waals surface area contributed by atoms with E-state index < -0.39 is 0 Å². The number of rotatable bonds is 4. The normalized spacial score (nSPS) is 13.4. The monoisotopic (exact) mass is 399 g/mol. The van der Waals surface area contributed by atoms with Crippen molar-refractivity contribution in [3.05, 3.63) is 58.6 Å². The number of carbonyl (C=O) groups excluding carboxylic acids is 2. The van der Waals surface area contributed by atoms with Crippen molar-refractivity contribution >= 4 is 50.1 Å². The standard InChI is InChI=1S/C20H18ClN3O2S/c21-15-5-6-16-17(11-15)27-20(22-16)23-18(25)7-8-19(26)24-10-9-13-3-1-2-4-14(13)12-24/h1-6,11H,7-10,12H2,(H,22,23,25). The van der Waals surface area contributed by atoms with Crippen LogP contribution in [0.5, 0.6) is 0 Å². The fourth-order valence-electron chi connectivity index (χ4n) is 3.22. The molecule has 138 valence electrons. The van der Waals surface area contributed by atoms with Crippen LogP contribution in [0.25, 0.3) is 10.2 Å². The number of benzene rings is 2. The van der Waals surface area contributed by atoms with E-state index >= 15 is 0 Å². The smallest absolute Gasteiger partial charge is 0.226 e. The van der Waals surface area contributed by atoms with Gasteiger partial charge in [-0.3, -0.25) is 9.59 Å². The van der Waals surface area contributed by atoms with Crippen molar-refractivity contribution in [1.29, 1.82) is 0 Å². The number of hydrogen-bond donors (Lipinski definition) is 1. The van der Waals surface area contributed by atoms with E-state index in [9.17, 15) is 9.59 Å². The number of hydrogen-bond acceptors (Lipinski definition) is 4. The highest BCUT2D eigenvalue weighted by Gasteiger charge is 2.21. The summed E-state index contributed by atoms with van der Waals surface area (Å²) in [7, 11) is 0. The summed E-state index contributed by atoms with van der Waals surface area (Å²) in [5, 5.41) is 3.94. The first-order chi connectivity index (χ1) is 13.1. The molecule has 0 atom stereocenters. The van der Waals surface area contributed by atoms with E-state index in [2.05, 4.69) is 22.4 Å². The Morgan fingerprint density at radius 1 is 1.15 bits per heavy atom. The maximum absolute atomic E-state index is 12.5. The largest absolute Gasteiger partial charge is 0.338 e. The highest BCUT2D eigenvalue weighted by molar-refractivity contribution is 7.22. The lowest BCUT2D eigenvalue weighted by Crippen LogP contribution is -2.36. The van der Waals surface area contributed by atoms with Crippen LogP contribution in [0.2, 0.25) is 5.02 Å². The SMILES string of the molecule is O=C(CCC(=O)N1CCc2ccccc2C1)Nc1nc2ccc(Cl)cc2s1. The van der Waals surface area contributed by atoms with Crippen LogP contribution < -0.4 is 5.32 Å². The average Bonchev–Trinajstić information content (AvgIpc) is 3.06. The van der Waals surface area contributed by atoms with E-state index in [0.29, 0.717) is 23.2 Å². The summed E-state index contributed by atoms with van der Waals surface area (Å²) in [6.07, 6.45) is 1.21. The lowest BCUT2D eigenvalue weighted by Gasteiger charge is -2.28. The van der Waals surface area contributed by atoms with Gasteiger partial charge in [0.2, 0.25) is 11.8 Å². The van der Waals surface area contributed by atoms with Crippen molar-refractivity contribution < 1.29 is 9.59 Å². The molecule has 1 aliphatic rings. The Kier molecular flexibility index (Phi) is 5.09. The summed E-state index contributed by atoms with van der Waals surface area (Å²) < 4.78 is 0.917. The van der Waals surface area contributed by atoms with Crippen molar-refractivity contribution in [2.45, 2.75) is 25.8 Å². The molecular weight excluding hydrogens is 382 g/mol. The molecule has 1 aromatic heterocycles. The summed E-state index contributed by atoms with van der Waals surface area (Å²) in [6, 6.07) is 13.6. The molecule has 0 saturated carbocycles. The molecule has 0 radical (unpaired) electrons. The number of anilines is 1. The van der Waals surface area contributed by atoms with Gasteiger partial charge in [0.1, 0.15) is 0 Å². The van der Waals surface area contributed by atoms with Gasteiger partial charge in [0.05, 0.1) is 10.2 Å². The van der Waals surface area contributed by atoms with E-state index in [1.807, 2.05) is 29.2 Å². The minimum Gasteiger partial charge on any atom is -0.338 e. The van der Waals surface area contributed by atoms with Gasteiger partial charge in [-0.25, -0.2) is 4.98 Å². The van der Waals surface area contributed by atoms with Crippen LogP contribution in [0.15, 0.2) is 42.5 Å². The van der Waals surface area contributed by atoms with Crippen LogP contribution >= 0.6 is 22.9 Å². The van der Waals surface area contributed by atoms with Gasteiger partial charge in [-0.05, 0) is 35.7 Å². The summed E-state index contributed by atoms with van der Waals surface area (Å²) in [6.45, 7) is 1.32. The molecule has 0 saturated heterocycles. The topological polar surface area (TPSA) is 62.3 Å². The summed E-state index contributed by atoms with van der Waals surface area (Å²) in [4.78, 5) is 30.9. The Labute approximate surface area is 166 Å². The Morgan fingerprint density at radius 2 is 1.96 bits per heavy atom. The van der Waals surface area contributed by atoms with E-state index in [0.717, 1.165) is 16.6 Å². The van der Waals surface area contributed by atoms with Crippen LogP contribution in [0, 0.1) is 0 Å². The van der Waals surface area contributed by atoms with Crippen molar-refractivity contribution in [3.8, 4) is 0 Å². The third-order valence-corrected chi connectivity index (χ3v) is 5.81. The molecular formula is C20H18ClN3O2S. The minimum atomic E-state index is -0.203. The predicted octanol–water partition coefficient (Wildman–Crippen LogP) is 4.25. The molecule has 7 heteroatoms. The van der Waals surface area contributed by atoms with Gasteiger partial charge < -0.3 is 10.2 Å². The Balaban J connectivity index is 1.31. The number of fused-ring (bicyclic) bond motifs is 2. The highest BCUT2D eigenvalue weighted by atomic mass is 35.5. The van der Waals surface area contributed by atoms with E-state index in [4.69, 9.17) is 11.6 Å². The average molecular weight is 400 g/mol. The number of nitrogens with zero attached hydrogens (tertiary/aromatic N) is 2. The van der Waals surface area contributed by atoms with Gasteiger partial charge in [-0.2, -0.15) is 0 Å². The number of carbonyl (C=O) groups is 2. The van der Waals surface area contributed by atoms with Gasteiger partial charge >= 0.3 is 0 Å². The number of nitrogens with one attached hydrogen (secondary N) is 1. The zero-order chi connectivity index (χ0) is 18.8. The first-order valence-corrected chi connectivity index (χ1v) is 9.98.